The van der Waals surface area contributed by atoms with Gasteiger partial charge < -0.3 is 0 Å². The van der Waals surface area contributed by atoms with E-state index in [0.717, 1.165) is 24.7 Å². The molecule has 1 aliphatic heterocycles. The van der Waals surface area contributed by atoms with E-state index in [0.29, 0.717) is 0 Å². The second-order valence-corrected chi connectivity index (χ2v) is 5.90. The lowest BCUT2D eigenvalue weighted by Gasteiger charge is -2.26. The number of thiophene rings is 1. The van der Waals surface area contributed by atoms with Gasteiger partial charge in [0.1, 0.15) is 0 Å². The highest BCUT2D eigenvalue weighted by Crippen LogP contribution is 2.25. The van der Waals surface area contributed by atoms with Crippen molar-refractivity contribution >= 4 is 35.3 Å². The van der Waals surface area contributed by atoms with E-state index in [2.05, 4.69) is 28.5 Å². The van der Waals surface area contributed by atoms with Gasteiger partial charge in [0.15, 0.2) is 0 Å². The number of nitrogens with zero attached hydrogens (tertiary/aromatic N) is 1. The van der Waals surface area contributed by atoms with Gasteiger partial charge in [0.2, 0.25) is 0 Å². The first-order valence-corrected chi connectivity index (χ1v) is 7.09. The molecule has 0 radical (unpaired) electrons. The van der Waals surface area contributed by atoms with Crippen molar-refractivity contribution in [2.24, 2.45) is 0 Å². The first-order chi connectivity index (χ1) is 8.31. The zero-order chi connectivity index (χ0) is 11.7. The quantitative estimate of drug-likeness (QED) is 0.795. The fourth-order valence-electron chi connectivity index (χ4n) is 2.34. The molecule has 0 unspecified atom stereocenters. The fourth-order valence-corrected chi connectivity index (χ4v) is 3.44. The molecule has 0 saturated carbocycles. The van der Waals surface area contributed by atoms with Crippen molar-refractivity contribution in [2.75, 3.05) is 6.54 Å². The summed E-state index contributed by atoms with van der Waals surface area (Å²) in [6.07, 6.45) is 1.19. The predicted octanol–water partition coefficient (Wildman–Crippen LogP) is 4.38. The van der Waals surface area contributed by atoms with Crippen LogP contribution in [0.2, 0.25) is 5.02 Å². The van der Waals surface area contributed by atoms with Gasteiger partial charge in [-0.2, -0.15) is 0 Å². The highest BCUT2D eigenvalue weighted by molar-refractivity contribution is 7.10. The minimum atomic E-state index is 0. The van der Waals surface area contributed by atoms with Gasteiger partial charge >= 0.3 is 0 Å². The minimum Gasteiger partial charge on any atom is -0.294 e. The van der Waals surface area contributed by atoms with Gasteiger partial charge in [-0.15, -0.1) is 23.7 Å². The third-order valence-corrected chi connectivity index (χ3v) is 4.44. The molecule has 3 rings (SSSR count). The van der Waals surface area contributed by atoms with Crippen molar-refractivity contribution in [2.45, 2.75) is 19.5 Å². The average Bonchev–Trinajstić information content (AvgIpc) is 2.76. The van der Waals surface area contributed by atoms with Crippen molar-refractivity contribution in [1.29, 1.82) is 0 Å². The van der Waals surface area contributed by atoms with Gasteiger partial charge in [0, 0.05) is 29.5 Å². The number of halogens is 2. The van der Waals surface area contributed by atoms with Crippen LogP contribution in [0.15, 0.2) is 35.7 Å². The summed E-state index contributed by atoms with van der Waals surface area (Å²) in [5, 5.41) is 3.03. The van der Waals surface area contributed by atoms with Gasteiger partial charge in [-0.25, -0.2) is 0 Å². The van der Waals surface area contributed by atoms with Crippen LogP contribution < -0.4 is 0 Å². The minimum absolute atomic E-state index is 0. The van der Waals surface area contributed by atoms with E-state index in [4.69, 9.17) is 11.6 Å². The summed E-state index contributed by atoms with van der Waals surface area (Å²) in [5.41, 5.74) is 2.81. The maximum atomic E-state index is 6.01. The Morgan fingerprint density at radius 2 is 2.17 bits per heavy atom. The van der Waals surface area contributed by atoms with Crippen LogP contribution in [0.1, 0.15) is 16.0 Å². The summed E-state index contributed by atoms with van der Waals surface area (Å²) in [6.45, 7) is 3.22. The monoisotopic (exact) mass is 299 g/mol. The Morgan fingerprint density at radius 3 is 3.00 bits per heavy atom. The normalized spacial score (nSPS) is 14.9. The molecular weight excluding hydrogens is 285 g/mol. The van der Waals surface area contributed by atoms with E-state index in [1.54, 1.807) is 4.88 Å². The molecule has 0 saturated heterocycles. The molecule has 0 N–H and O–H groups in total. The van der Waals surface area contributed by atoms with Crippen LogP contribution in [0.5, 0.6) is 0 Å². The SMILES string of the molecule is Cl.Clc1cccc(CN2CCc3sccc3C2)c1. The van der Waals surface area contributed by atoms with Crippen molar-refractivity contribution in [1.82, 2.24) is 4.90 Å². The van der Waals surface area contributed by atoms with Crippen LogP contribution >= 0.6 is 35.3 Å². The van der Waals surface area contributed by atoms with Crippen molar-refractivity contribution in [3.63, 3.8) is 0 Å². The number of benzene rings is 1. The molecule has 0 bridgehead atoms. The van der Waals surface area contributed by atoms with Crippen molar-refractivity contribution < 1.29 is 0 Å². The first kappa shape index (κ1) is 13.9. The largest absolute Gasteiger partial charge is 0.294 e. The summed E-state index contributed by atoms with van der Waals surface area (Å²) in [4.78, 5) is 4.05. The summed E-state index contributed by atoms with van der Waals surface area (Å²) >= 11 is 7.90. The predicted molar refractivity (Wildman–Crippen MR) is 80.8 cm³/mol. The summed E-state index contributed by atoms with van der Waals surface area (Å²) in [6, 6.07) is 10.4. The van der Waals surface area contributed by atoms with Gasteiger partial charge in [-0.05, 0) is 41.1 Å². The molecule has 0 atom stereocenters. The number of hydrogen-bond acceptors (Lipinski definition) is 2. The van der Waals surface area contributed by atoms with E-state index in [1.165, 1.54) is 17.5 Å². The van der Waals surface area contributed by atoms with Crippen molar-refractivity contribution in [3.05, 3.63) is 56.7 Å². The molecule has 1 nitrogen and oxygen atoms in total. The smallest absolute Gasteiger partial charge is 0.0409 e. The summed E-state index contributed by atoms with van der Waals surface area (Å²) in [5.74, 6) is 0. The summed E-state index contributed by atoms with van der Waals surface area (Å²) in [7, 11) is 0. The Balaban J connectivity index is 0.00000120. The molecule has 4 heteroatoms. The molecular formula is C14H15Cl2NS. The Hall–Kier alpha value is -0.540. The average molecular weight is 300 g/mol. The molecule has 1 aromatic carbocycles. The number of rotatable bonds is 2. The standard InChI is InChI=1S/C14H14ClNS.ClH/c15-13-3-1-2-11(8-13)9-16-6-4-14-12(10-16)5-7-17-14;/h1-3,5,7-8H,4,6,9-10H2;1H. The summed E-state index contributed by atoms with van der Waals surface area (Å²) < 4.78 is 0. The third kappa shape index (κ3) is 3.07. The molecule has 0 spiro atoms. The van der Waals surface area contributed by atoms with Crippen LogP contribution in [0, 0.1) is 0 Å². The molecule has 2 aromatic rings. The van der Waals surface area contributed by atoms with E-state index in [1.807, 2.05) is 23.5 Å². The molecule has 0 amide bonds. The fraction of sp³-hybridized carbons (Fsp3) is 0.286. The Bertz CT molecular complexity index is 524. The Labute approximate surface area is 123 Å². The maximum absolute atomic E-state index is 6.01. The lowest BCUT2D eigenvalue weighted by atomic mass is 10.1. The van der Waals surface area contributed by atoms with E-state index < -0.39 is 0 Å². The third-order valence-electron chi connectivity index (χ3n) is 3.18. The topological polar surface area (TPSA) is 3.24 Å². The van der Waals surface area contributed by atoms with Crippen LogP contribution in [-0.4, -0.2) is 11.4 Å². The Kier molecular flexibility index (Phi) is 4.68. The van der Waals surface area contributed by atoms with Gasteiger partial charge in [0.25, 0.3) is 0 Å². The lowest BCUT2D eigenvalue weighted by molar-refractivity contribution is 0.247. The van der Waals surface area contributed by atoms with Crippen LogP contribution in [0.4, 0.5) is 0 Å². The van der Waals surface area contributed by atoms with E-state index in [9.17, 15) is 0 Å². The molecule has 0 fully saturated rings. The Morgan fingerprint density at radius 1 is 1.28 bits per heavy atom. The second-order valence-electron chi connectivity index (χ2n) is 4.46. The van der Waals surface area contributed by atoms with Gasteiger partial charge in [-0.1, -0.05) is 23.7 Å². The molecule has 18 heavy (non-hydrogen) atoms. The van der Waals surface area contributed by atoms with E-state index in [-0.39, 0.29) is 12.4 Å². The lowest BCUT2D eigenvalue weighted by Crippen LogP contribution is -2.29. The first-order valence-electron chi connectivity index (χ1n) is 5.83. The van der Waals surface area contributed by atoms with Gasteiger partial charge in [0.05, 0.1) is 0 Å². The van der Waals surface area contributed by atoms with Crippen LogP contribution in [0.25, 0.3) is 0 Å². The molecule has 2 heterocycles. The van der Waals surface area contributed by atoms with Crippen LogP contribution in [-0.2, 0) is 19.5 Å². The van der Waals surface area contributed by atoms with Crippen molar-refractivity contribution in [3.8, 4) is 0 Å². The van der Waals surface area contributed by atoms with Crippen LogP contribution in [0.3, 0.4) is 0 Å². The highest BCUT2D eigenvalue weighted by atomic mass is 35.5. The molecule has 0 aliphatic carbocycles. The highest BCUT2D eigenvalue weighted by Gasteiger charge is 2.16. The second kappa shape index (κ2) is 6.07. The maximum Gasteiger partial charge on any atom is 0.0409 e. The van der Waals surface area contributed by atoms with Gasteiger partial charge in [-0.3, -0.25) is 4.90 Å². The molecule has 96 valence electrons. The zero-order valence-electron chi connectivity index (χ0n) is 9.93. The number of hydrogen-bond donors (Lipinski definition) is 0. The molecule has 1 aromatic heterocycles. The number of fused-ring (bicyclic) bond motifs is 1. The van der Waals surface area contributed by atoms with E-state index >= 15 is 0 Å². The molecule has 1 aliphatic rings. The zero-order valence-corrected chi connectivity index (χ0v) is 12.3.